The highest BCUT2D eigenvalue weighted by atomic mass is 19.1. The molecule has 0 saturated carbocycles. The Morgan fingerprint density at radius 3 is 1.63 bits per heavy atom. The first-order valence-electron chi connectivity index (χ1n) is 9.83. The second kappa shape index (κ2) is 10.5. The van der Waals surface area contributed by atoms with Crippen LogP contribution < -0.4 is 5.73 Å². The van der Waals surface area contributed by atoms with Crippen LogP contribution in [-0.2, 0) is 12.0 Å². The van der Waals surface area contributed by atoms with Gasteiger partial charge in [0.15, 0.2) is 0 Å². The number of hydrogen-bond acceptors (Lipinski definition) is 1. The molecule has 0 aliphatic heterocycles. The Kier molecular flexibility index (Phi) is 8.05. The lowest BCUT2D eigenvalue weighted by Gasteiger charge is -2.32. The predicted molar refractivity (Wildman–Crippen MR) is 122 cm³/mol. The van der Waals surface area contributed by atoms with Crippen molar-refractivity contribution in [1.82, 2.24) is 0 Å². The van der Waals surface area contributed by atoms with Gasteiger partial charge in [0.05, 0.1) is 5.84 Å². The highest BCUT2D eigenvalue weighted by molar-refractivity contribution is 5.79. The van der Waals surface area contributed by atoms with Gasteiger partial charge in [0.25, 0.3) is 0 Å². The Hall–Kier alpha value is -3.27. The second-order valence-electron chi connectivity index (χ2n) is 7.11. The van der Waals surface area contributed by atoms with E-state index in [0.29, 0.717) is 17.8 Å². The standard InChI is InChI=1S/C18H20N2.C8H8F2/c1-14(2)18(20-15(3)19,16-10-6-4-7-11-16)17-12-8-5-9-13-17;1-2-6-3-7(9)5-8(10)4-6/h4-13H,1H2,2-3H3,(H2,19,20);3-5H,2H2,1H3. The molecule has 0 radical (unpaired) electrons. The van der Waals surface area contributed by atoms with E-state index in [4.69, 9.17) is 10.7 Å². The zero-order chi connectivity index (χ0) is 22.1. The van der Waals surface area contributed by atoms with Crippen molar-refractivity contribution in [2.24, 2.45) is 10.7 Å². The summed E-state index contributed by atoms with van der Waals surface area (Å²) in [6.45, 7) is 9.83. The first kappa shape index (κ1) is 23.0. The van der Waals surface area contributed by atoms with Gasteiger partial charge >= 0.3 is 0 Å². The van der Waals surface area contributed by atoms with Gasteiger partial charge in [-0.05, 0) is 54.7 Å². The lowest BCUT2D eigenvalue weighted by atomic mass is 9.78. The fourth-order valence-electron chi connectivity index (χ4n) is 3.32. The highest BCUT2D eigenvalue weighted by Gasteiger charge is 2.34. The summed E-state index contributed by atoms with van der Waals surface area (Å²) >= 11 is 0. The van der Waals surface area contributed by atoms with Crippen LogP contribution >= 0.6 is 0 Å². The molecule has 0 aliphatic rings. The van der Waals surface area contributed by atoms with Gasteiger partial charge < -0.3 is 5.73 Å². The van der Waals surface area contributed by atoms with E-state index in [2.05, 4.69) is 30.8 Å². The van der Waals surface area contributed by atoms with Gasteiger partial charge in [-0.15, -0.1) is 0 Å². The van der Waals surface area contributed by atoms with Crippen molar-refractivity contribution in [1.29, 1.82) is 0 Å². The number of nitrogens with two attached hydrogens (primary N) is 1. The average Bonchev–Trinajstić information content (AvgIpc) is 2.72. The molecular formula is C26H28F2N2. The van der Waals surface area contributed by atoms with Crippen molar-refractivity contribution in [3.8, 4) is 0 Å². The SMILES string of the molecule is C=C(C)C(N=C(C)N)(c1ccccc1)c1ccccc1.CCc1cc(F)cc(F)c1. The van der Waals surface area contributed by atoms with Crippen molar-refractivity contribution in [2.45, 2.75) is 32.7 Å². The normalized spacial score (nSPS) is 11.4. The van der Waals surface area contributed by atoms with E-state index in [0.717, 1.165) is 22.8 Å². The Bertz CT molecular complexity index is 932. The van der Waals surface area contributed by atoms with Gasteiger partial charge in [0.1, 0.15) is 17.2 Å². The number of nitrogens with zero attached hydrogens (tertiary/aromatic N) is 1. The summed E-state index contributed by atoms with van der Waals surface area (Å²) in [7, 11) is 0. The number of hydrogen-bond donors (Lipinski definition) is 1. The maximum absolute atomic E-state index is 12.4. The zero-order valence-electron chi connectivity index (χ0n) is 17.7. The van der Waals surface area contributed by atoms with E-state index in [1.807, 2.05) is 57.2 Å². The Labute approximate surface area is 177 Å². The minimum atomic E-state index is -0.624. The number of aliphatic imine (C=N–C) groups is 1. The van der Waals surface area contributed by atoms with Crippen LogP contribution in [0.4, 0.5) is 8.78 Å². The monoisotopic (exact) mass is 406 g/mol. The summed E-state index contributed by atoms with van der Waals surface area (Å²) in [5, 5.41) is 0. The quantitative estimate of drug-likeness (QED) is 0.297. The van der Waals surface area contributed by atoms with Gasteiger partial charge in [-0.2, -0.15) is 0 Å². The maximum Gasteiger partial charge on any atom is 0.133 e. The van der Waals surface area contributed by atoms with Crippen molar-refractivity contribution in [3.63, 3.8) is 0 Å². The molecule has 30 heavy (non-hydrogen) atoms. The molecule has 0 spiro atoms. The van der Waals surface area contributed by atoms with Crippen LogP contribution in [0.3, 0.4) is 0 Å². The third-order valence-corrected chi connectivity index (χ3v) is 4.68. The van der Waals surface area contributed by atoms with Crippen LogP contribution in [0, 0.1) is 11.6 Å². The molecular weight excluding hydrogens is 378 g/mol. The number of aryl methyl sites for hydroxylation is 1. The Morgan fingerprint density at radius 2 is 1.30 bits per heavy atom. The van der Waals surface area contributed by atoms with Gasteiger partial charge in [-0.3, -0.25) is 4.99 Å². The first-order chi connectivity index (χ1) is 14.3. The molecule has 2 nitrogen and oxygen atoms in total. The van der Waals surface area contributed by atoms with E-state index >= 15 is 0 Å². The maximum atomic E-state index is 12.4. The Morgan fingerprint density at radius 1 is 0.867 bits per heavy atom. The lowest BCUT2D eigenvalue weighted by molar-refractivity contribution is 0.580. The zero-order valence-corrected chi connectivity index (χ0v) is 17.7. The molecule has 3 aromatic rings. The van der Waals surface area contributed by atoms with Gasteiger partial charge in [0.2, 0.25) is 0 Å². The van der Waals surface area contributed by atoms with E-state index in [9.17, 15) is 8.78 Å². The molecule has 4 heteroatoms. The van der Waals surface area contributed by atoms with E-state index in [1.165, 1.54) is 12.1 Å². The summed E-state index contributed by atoms with van der Waals surface area (Å²) in [6.07, 6.45) is 0.661. The van der Waals surface area contributed by atoms with E-state index in [1.54, 1.807) is 0 Å². The van der Waals surface area contributed by atoms with Gasteiger partial charge in [0, 0.05) is 6.07 Å². The average molecular weight is 407 g/mol. The summed E-state index contributed by atoms with van der Waals surface area (Å²) in [4.78, 5) is 4.74. The van der Waals surface area contributed by atoms with Crippen LogP contribution in [-0.4, -0.2) is 5.84 Å². The molecule has 156 valence electrons. The smallest absolute Gasteiger partial charge is 0.133 e. The summed E-state index contributed by atoms with van der Waals surface area (Å²) < 4.78 is 24.8. The van der Waals surface area contributed by atoms with Crippen LogP contribution in [0.15, 0.2) is 96.0 Å². The predicted octanol–water partition coefficient (Wildman–Crippen LogP) is 6.41. The van der Waals surface area contributed by atoms with E-state index < -0.39 is 17.2 Å². The third-order valence-electron chi connectivity index (χ3n) is 4.68. The number of benzene rings is 3. The third kappa shape index (κ3) is 5.63. The summed E-state index contributed by atoms with van der Waals surface area (Å²) in [6, 6.07) is 23.8. The van der Waals surface area contributed by atoms with Crippen molar-refractivity contribution >= 4 is 5.84 Å². The van der Waals surface area contributed by atoms with Gasteiger partial charge in [-0.25, -0.2) is 8.78 Å². The van der Waals surface area contributed by atoms with Gasteiger partial charge in [-0.1, -0.05) is 74.2 Å². The first-order valence-corrected chi connectivity index (χ1v) is 9.83. The molecule has 0 fully saturated rings. The Balaban J connectivity index is 0.000000269. The minimum absolute atomic E-state index is 0.503. The molecule has 0 saturated heterocycles. The highest BCUT2D eigenvalue weighted by Crippen LogP contribution is 2.39. The van der Waals surface area contributed by atoms with E-state index in [-0.39, 0.29) is 0 Å². The van der Waals surface area contributed by atoms with Crippen molar-refractivity contribution < 1.29 is 8.78 Å². The second-order valence-corrected chi connectivity index (χ2v) is 7.11. The molecule has 0 unspecified atom stereocenters. The number of rotatable bonds is 5. The number of halogens is 2. The molecule has 0 bridgehead atoms. The van der Waals surface area contributed by atoms with Crippen LogP contribution in [0.5, 0.6) is 0 Å². The topological polar surface area (TPSA) is 38.4 Å². The van der Waals surface area contributed by atoms with Crippen LogP contribution in [0.2, 0.25) is 0 Å². The largest absolute Gasteiger partial charge is 0.388 e. The van der Waals surface area contributed by atoms with Crippen LogP contribution in [0.1, 0.15) is 37.5 Å². The molecule has 2 N–H and O–H groups in total. The molecule has 3 rings (SSSR count). The molecule has 0 heterocycles. The fraction of sp³-hybridized carbons (Fsp3) is 0.192. The van der Waals surface area contributed by atoms with Crippen molar-refractivity contribution in [2.75, 3.05) is 0 Å². The fourth-order valence-corrected chi connectivity index (χ4v) is 3.32. The molecule has 0 atom stereocenters. The van der Waals surface area contributed by atoms with Crippen molar-refractivity contribution in [3.05, 3.63) is 119 Å². The molecule has 0 aliphatic carbocycles. The van der Waals surface area contributed by atoms with Crippen LogP contribution in [0.25, 0.3) is 0 Å². The summed E-state index contributed by atoms with van der Waals surface area (Å²) in [5.41, 5.74) is 9.06. The molecule has 0 amide bonds. The minimum Gasteiger partial charge on any atom is -0.388 e. The lowest BCUT2D eigenvalue weighted by Crippen LogP contribution is -2.29. The molecule has 3 aromatic carbocycles. The molecule has 0 aromatic heterocycles. The number of amidine groups is 1. The summed E-state index contributed by atoms with van der Waals surface area (Å²) in [5.74, 6) is -0.464.